The molecule has 0 bridgehead atoms. The van der Waals surface area contributed by atoms with Gasteiger partial charge in [-0.3, -0.25) is 0 Å². The lowest BCUT2D eigenvalue weighted by atomic mass is 9.79. The standard InChI is InChI=1S/C35H49BrN2O6S2Si/c1-11-17-29(44-47(9,10)34(2,3)4)35(5,6)28(43-33(40)27-24-45-30(37-27)20-21-36)19-16-14-12-13-15-18-25(41-7)22-31-38-26(23-46-31)32(39)42-8/h11-18,20-21,23-25,28-29H,19,22H2,1-10H3/b13-12-,16-14-,17-11+,18-15+,21-20-/t25-,28-,29+/m0/s1. The third kappa shape index (κ3) is 12.5. The quantitative estimate of drug-likeness (QED) is 0.0680. The van der Waals surface area contributed by atoms with Crippen molar-refractivity contribution in [3.8, 4) is 0 Å². The molecule has 0 aliphatic heterocycles. The van der Waals surface area contributed by atoms with E-state index in [9.17, 15) is 9.59 Å². The molecule has 0 spiro atoms. The SMILES string of the molecule is C/C=C/[C@@H](O[Si](C)(C)C(C)(C)C)C(C)(C)[C@H](C\C=C/C=C\C=C\[C@@H](Cc1nc(C(=O)OC)cs1)OC)OC(=O)c1csc(/C=C\Br)n1. The number of methoxy groups -OCH3 is 2. The van der Waals surface area contributed by atoms with Crippen LogP contribution < -0.4 is 0 Å². The predicted molar refractivity (Wildman–Crippen MR) is 200 cm³/mol. The van der Waals surface area contributed by atoms with Gasteiger partial charge >= 0.3 is 11.9 Å². The smallest absolute Gasteiger partial charge is 0.358 e. The second kappa shape index (κ2) is 18.9. The van der Waals surface area contributed by atoms with Crippen molar-refractivity contribution >= 4 is 64.9 Å². The molecule has 0 saturated carbocycles. The molecule has 0 unspecified atom stereocenters. The van der Waals surface area contributed by atoms with Crippen LogP contribution in [0.25, 0.3) is 6.08 Å². The van der Waals surface area contributed by atoms with E-state index < -0.39 is 31.8 Å². The van der Waals surface area contributed by atoms with Crippen LogP contribution in [0.3, 0.4) is 0 Å². The molecule has 12 heteroatoms. The summed E-state index contributed by atoms with van der Waals surface area (Å²) in [6.45, 7) is 17.3. The van der Waals surface area contributed by atoms with E-state index in [1.165, 1.54) is 29.8 Å². The number of carbonyl (C=O) groups excluding carboxylic acids is 2. The first kappa shape index (κ1) is 40.7. The monoisotopic (exact) mass is 764 g/mol. The molecule has 2 aromatic heterocycles. The number of hydrogen-bond acceptors (Lipinski definition) is 10. The minimum absolute atomic E-state index is 0.0152. The maximum Gasteiger partial charge on any atom is 0.358 e. The number of nitrogens with zero attached hydrogens (tertiary/aromatic N) is 2. The number of carbonyl (C=O) groups is 2. The maximum atomic E-state index is 13.3. The number of hydrogen-bond donors (Lipinski definition) is 0. The van der Waals surface area contributed by atoms with Crippen molar-refractivity contribution in [2.75, 3.05) is 14.2 Å². The Kier molecular flexibility index (Phi) is 16.4. The van der Waals surface area contributed by atoms with Crippen LogP contribution in [0.2, 0.25) is 18.1 Å². The fourth-order valence-electron chi connectivity index (χ4n) is 4.10. The highest BCUT2D eigenvalue weighted by Gasteiger charge is 2.45. The Hall–Kier alpha value is -2.48. The van der Waals surface area contributed by atoms with Crippen LogP contribution in [0.4, 0.5) is 0 Å². The topological polar surface area (TPSA) is 96.8 Å². The van der Waals surface area contributed by atoms with Gasteiger partial charge in [0.05, 0.1) is 24.3 Å². The normalized spacial score (nSPS) is 15.4. The molecule has 47 heavy (non-hydrogen) atoms. The van der Waals surface area contributed by atoms with E-state index in [0.717, 1.165) is 5.01 Å². The van der Waals surface area contributed by atoms with E-state index in [2.05, 4.69) is 79.7 Å². The van der Waals surface area contributed by atoms with Crippen LogP contribution in [-0.4, -0.2) is 62.8 Å². The molecule has 3 atom stereocenters. The second-order valence-corrected chi connectivity index (χ2v) is 20.1. The average Bonchev–Trinajstić information content (AvgIpc) is 3.68. The van der Waals surface area contributed by atoms with Crippen LogP contribution in [-0.2, 0) is 25.1 Å². The second-order valence-electron chi connectivity index (χ2n) is 12.9. The van der Waals surface area contributed by atoms with Gasteiger partial charge in [-0.1, -0.05) is 99.2 Å². The highest BCUT2D eigenvalue weighted by Crippen LogP contribution is 2.42. The Morgan fingerprint density at radius 2 is 1.62 bits per heavy atom. The molecule has 0 saturated heterocycles. The summed E-state index contributed by atoms with van der Waals surface area (Å²) in [5, 5.41) is 4.92. The summed E-state index contributed by atoms with van der Waals surface area (Å²) in [5.74, 6) is -0.913. The van der Waals surface area contributed by atoms with Crippen molar-refractivity contribution in [2.24, 2.45) is 5.41 Å². The Morgan fingerprint density at radius 1 is 0.957 bits per heavy atom. The summed E-state index contributed by atoms with van der Waals surface area (Å²) in [4.78, 5) is 35.5. The molecule has 0 radical (unpaired) electrons. The molecular formula is C35H49BrN2O6S2Si. The van der Waals surface area contributed by atoms with Crippen LogP contribution >= 0.6 is 38.6 Å². The molecule has 2 rings (SSSR count). The van der Waals surface area contributed by atoms with Crippen molar-refractivity contribution in [2.45, 2.75) is 90.8 Å². The molecular weight excluding hydrogens is 717 g/mol. The molecule has 0 N–H and O–H groups in total. The van der Waals surface area contributed by atoms with E-state index in [-0.39, 0.29) is 22.9 Å². The number of rotatable bonds is 17. The first-order chi connectivity index (χ1) is 22.1. The largest absolute Gasteiger partial charge is 0.464 e. The highest BCUT2D eigenvalue weighted by molar-refractivity contribution is 9.11. The Labute approximate surface area is 297 Å². The zero-order valence-electron chi connectivity index (χ0n) is 29.1. The third-order valence-corrected chi connectivity index (χ3v) is 14.5. The van der Waals surface area contributed by atoms with E-state index in [1.807, 2.05) is 49.5 Å². The Morgan fingerprint density at radius 3 is 2.23 bits per heavy atom. The molecule has 2 heterocycles. The average molecular weight is 766 g/mol. The minimum Gasteiger partial charge on any atom is -0.464 e. The third-order valence-electron chi connectivity index (χ3n) is 8.11. The maximum absolute atomic E-state index is 13.3. The van der Waals surface area contributed by atoms with Gasteiger partial charge in [0.1, 0.15) is 11.1 Å². The fourth-order valence-corrected chi connectivity index (χ4v) is 7.38. The number of thiazole rings is 2. The number of esters is 2. The van der Waals surface area contributed by atoms with E-state index in [1.54, 1.807) is 28.9 Å². The van der Waals surface area contributed by atoms with Gasteiger partial charge in [-0.05, 0) is 36.1 Å². The van der Waals surface area contributed by atoms with Gasteiger partial charge in [0.15, 0.2) is 19.7 Å². The molecule has 2 aromatic rings. The number of ether oxygens (including phenoxy) is 3. The van der Waals surface area contributed by atoms with Crippen LogP contribution in [0.5, 0.6) is 0 Å². The van der Waals surface area contributed by atoms with Crippen LogP contribution in [0.15, 0.2) is 64.4 Å². The predicted octanol–water partition coefficient (Wildman–Crippen LogP) is 9.59. The first-order valence-electron chi connectivity index (χ1n) is 15.4. The van der Waals surface area contributed by atoms with Gasteiger partial charge in [-0.2, -0.15) is 0 Å². The summed E-state index contributed by atoms with van der Waals surface area (Å²) >= 11 is 6.04. The molecule has 0 aliphatic rings. The van der Waals surface area contributed by atoms with Gasteiger partial charge in [0.25, 0.3) is 0 Å². The molecule has 0 fully saturated rings. The Bertz CT molecular complexity index is 1450. The molecule has 258 valence electrons. The van der Waals surface area contributed by atoms with Crippen molar-refractivity contribution < 1.29 is 28.2 Å². The number of halogens is 1. The van der Waals surface area contributed by atoms with Crippen LogP contribution in [0, 0.1) is 5.41 Å². The van der Waals surface area contributed by atoms with Crippen LogP contribution in [0.1, 0.15) is 79.0 Å². The Balaban J connectivity index is 2.22. The first-order valence-corrected chi connectivity index (χ1v) is 21.0. The lowest BCUT2D eigenvalue weighted by Gasteiger charge is -2.45. The van der Waals surface area contributed by atoms with Gasteiger partial charge < -0.3 is 18.6 Å². The minimum atomic E-state index is -2.15. The number of allylic oxidation sites excluding steroid dienone is 5. The molecule has 8 nitrogen and oxygen atoms in total. The van der Waals surface area contributed by atoms with Gasteiger partial charge in [-0.25, -0.2) is 19.6 Å². The summed E-state index contributed by atoms with van der Waals surface area (Å²) < 4.78 is 23.4. The zero-order chi connectivity index (χ0) is 35.3. The van der Waals surface area contributed by atoms with E-state index >= 15 is 0 Å². The summed E-state index contributed by atoms with van der Waals surface area (Å²) in [5.41, 5.74) is 0.0238. The van der Waals surface area contributed by atoms with E-state index in [4.69, 9.17) is 18.6 Å². The summed E-state index contributed by atoms with van der Waals surface area (Å²) in [7, 11) is 0.821. The lowest BCUT2D eigenvalue weighted by Crippen LogP contribution is -2.51. The van der Waals surface area contributed by atoms with Gasteiger partial charge in [-0.15, -0.1) is 22.7 Å². The van der Waals surface area contributed by atoms with Crippen molar-refractivity contribution in [3.05, 3.63) is 85.8 Å². The zero-order valence-corrected chi connectivity index (χ0v) is 33.3. The van der Waals surface area contributed by atoms with E-state index in [0.29, 0.717) is 23.5 Å². The summed E-state index contributed by atoms with van der Waals surface area (Å²) in [6, 6.07) is 0. The van der Waals surface area contributed by atoms with Crippen molar-refractivity contribution in [3.63, 3.8) is 0 Å². The van der Waals surface area contributed by atoms with Crippen molar-refractivity contribution in [1.29, 1.82) is 0 Å². The van der Waals surface area contributed by atoms with Gasteiger partial charge in [0.2, 0.25) is 0 Å². The van der Waals surface area contributed by atoms with Gasteiger partial charge in [0, 0.05) is 36.1 Å². The van der Waals surface area contributed by atoms with Crippen molar-refractivity contribution in [1.82, 2.24) is 9.97 Å². The molecule has 0 amide bonds. The summed E-state index contributed by atoms with van der Waals surface area (Å²) in [6.07, 6.45) is 17.5. The highest BCUT2D eigenvalue weighted by atomic mass is 79.9. The number of aromatic nitrogens is 2. The fraction of sp³-hybridized carbons (Fsp3) is 0.486. The molecule has 0 aliphatic carbocycles. The lowest BCUT2D eigenvalue weighted by molar-refractivity contribution is -0.0419. The molecule has 0 aromatic carbocycles.